The molecule has 0 saturated carbocycles. The number of rotatable bonds is 8. The van der Waals surface area contributed by atoms with E-state index in [9.17, 15) is 14.4 Å². The standard InChI is InChI=1S/C16H25N7O3S2/c1-8(2)5-22(10(24)7-27-16-21-20-14(18)28-16)11-12(17)23(6-9(3)4)15(26)19-13(11)25/h8-9H,5-7,17H2,1-4H3,(H2,18,20)(H,19,25,26). The van der Waals surface area contributed by atoms with Crippen molar-refractivity contribution in [1.82, 2.24) is 19.7 Å². The van der Waals surface area contributed by atoms with Crippen LogP contribution in [-0.4, -0.2) is 38.0 Å². The van der Waals surface area contributed by atoms with Crippen LogP contribution >= 0.6 is 23.1 Å². The largest absolute Gasteiger partial charge is 0.383 e. The number of aromatic amines is 1. The van der Waals surface area contributed by atoms with Crippen LogP contribution < -0.4 is 27.6 Å². The van der Waals surface area contributed by atoms with E-state index >= 15 is 0 Å². The lowest BCUT2D eigenvalue weighted by Crippen LogP contribution is -2.43. The Morgan fingerprint density at radius 2 is 1.89 bits per heavy atom. The second kappa shape index (κ2) is 9.24. The maximum atomic E-state index is 12.9. The third-order valence-corrected chi connectivity index (χ3v) is 5.49. The van der Waals surface area contributed by atoms with Gasteiger partial charge in [0.15, 0.2) is 10.0 Å². The summed E-state index contributed by atoms with van der Waals surface area (Å²) in [4.78, 5) is 41.2. The lowest BCUT2D eigenvalue weighted by molar-refractivity contribution is -0.116. The Bertz CT molecular complexity index is 948. The van der Waals surface area contributed by atoms with Crippen molar-refractivity contribution in [1.29, 1.82) is 0 Å². The van der Waals surface area contributed by atoms with E-state index in [1.165, 1.54) is 32.6 Å². The number of nitrogens with zero attached hydrogens (tertiary/aromatic N) is 4. The summed E-state index contributed by atoms with van der Waals surface area (Å²) < 4.78 is 1.85. The first-order valence-electron chi connectivity index (χ1n) is 8.74. The molecule has 10 nitrogen and oxygen atoms in total. The maximum absolute atomic E-state index is 12.9. The van der Waals surface area contributed by atoms with Crippen LogP contribution in [0, 0.1) is 11.8 Å². The molecule has 0 saturated heterocycles. The number of hydrogen-bond acceptors (Lipinski definition) is 9. The number of nitrogens with one attached hydrogen (secondary N) is 1. The number of carbonyl (C=O) groups is 1. The molecule has 2 heterocycles. The molecule has 0 atom stereocenters. The number of thioether (sulfide) groups is 1. The highest BCUT2D eigenvalue weighted by Gasteiger charge is 2.25. The van der Waals surface area contributed by atoms with E-state index < -0.39 is 11.2 Å². The van der Waals surface area contributed by atoms with Crippen molar-refractivity contribution in [2.24, 2.45) is 11.8 Å². The number of nitrogens with two attached hydrogens (primary N) is 2. The van der Waals surface area contributed by atoms with E-state index in [0.717, 1.165) is 0 Å². The summed E-state index contributed by atoms with van der Waals surface area (Å²) >= 11 is 2.36. The molecule has 0 aromatic carbocycles. The van der Waals surface area contributed by atoms with Crippen LogP contribution in [0.5, 0.6) is 0 Å². The quantitative estimate of drug-likeness (QED) is 0.527. The third kappa shape index (κ3) is 5.35. The fourth-order valence-corrected chi connectivity index (χ4v) is 4.06. The number of carbonyl (C=O) groups excluding carboxylic acids is 1. The molecule has 2 aromatic heterocycles. The second-order valence-electron chi connectivity index (χ2n) is 7.09. The van der Waals surface area contributed by atoms with Crippen molar-refractivity contribution >= 4 is 45.6 Å². The first kappa shape index (κ1) is 22.0. The van der Waals surface area contributed by atoms with E-state index in [0.29, 0.717) is 16.0 Å². The van der Waals surface area contributed by atoms with Gasteiger partial charge < -0.3 is 16.4 Å². The average molecular weight is 428 g/mol. The fraction of sp³-hybridized carbons (Fsp3) is 0.562. The number of amides is 1. The van der Waals surface area contributed by atoms with Crippen LogP contribution in [0.4, 0.5) is 16.6 Å². The third-order valence-electron chi connectivity index (χ3n) is 3.62. The van der Waals surface area contributed by atoms with Gasteiger partial charge in [-0.2, -0.15) is 0 Å². The van der Waals surface area contributed by atoms with Crippen LogP contribution in [0.3, 0.4) is 0 Å². The number of nitrogen functional groups attached to an aromatic ring is 2. The Hall–Kier alpha value is -2.34. The zero-order valence-corrected chi connectivity index (χ0v) is 17.9. The molecule has 0 unspecified atom stereocenters. The predicted octanol–water partition coefficient (Wildman–Crippen LogP) is 0.990. The van der Waals surface area contributed by atoms with Crippen LogP contribution in [0.15, 0.2) is 13.9 Å². The highest BCUT2D eigenvalue weighted by Crippen LogP contribution is 2.25. The Balaban J connectivity index is 2.40. The van der Waals surface area contributed by atoms with E-state index in [2.05, 4.69) is 15.2 Å². The normalized spacial score (nSPS) is 11.4. The van der Waals surface area contributed by atoms with Gasteiger partial charge in [-0.3, -0.25) is 19.1 Å². The minimum Gasteiger partial charge on any atom is -0.383 e. The first-order chi connectivity index (χ1) is 13.1. The van der Waals surface area contributed by atoms with Gasteiger partial charge in [-0.25, -0.2) is 4.79 Å². The number of H-pyrrole nitrogens is 1. The zero-order valence-electron chi connectivity index (χ0n) is 16.3. The zero-order chi connectivity index (χ0) is 21.0. The molecule has 0 bridgehead atoms. The lowest BCUT2D eigenvalue weighted by atomic mass is 10.2. The molecule has 0 spiro atoms. The average Bonchev–Trinajstić information content (AvgIpc) is 3.00. The highest BCUT2D eigenvalue weighted by atomic mass is 32.2. The van der Waals surface area contributed by atoms with Gasteiger partial charge in [0.1, 0.15) is 5.82 Å². The minimum absolute atomic E-state index is 0.00340. The van der Waals surface area contributed by atoms with Gasteiger partial charge in [-0.05, 0) is 11.8 Å². The second-order valence-corrected chi connectivity index (χ2v) is 9.32. The van der Waals surface area contributed by atoms with Gasteiger partial charge in [0, 0.05) is 13.1 Å². The summed E-state index contributed by atoms with van der Waals surface area (Å²) in [5, 5.41) is 7.90. The van der Waals surface area contributed by atoms with Crippen molar-refractivity contribution in [3.63, 3.8) is 0 Å². The summed E-state index contributed by atoms with van der Waals surface area (Å²) in [6.45, 7) is 8.32. The SMILES string of the molecule is CC(C)CN(C(=O)CSc1nnc(N)s1)c1c(N)n(CC(C)C)c(=O)[nH]c1=O. The topological polar surface area (TPSA) is 153 Å². The van der Waals surface area contributed by atoms with E-state index in [4.69, 9.17) is 11.5 Å². The molecule has 154 valence electrons. The molecule has 0 aliphatic carbocycles. The molecule has 2 rings (SSSR count). The highest BCUT2D eigenvalue weighted by molar-refractivity contribution is 8.01. The molecule has 0 fully saturated rings. The molecule has 2 aromatic rings. The summed E-state index contributed by atoms with van der Waals surface area (Å²) in [6, 6.07) is 0. The Morgan fingerprint density at radius 3 is 2.43 bits per heavy atom. The van der Waals surface area contributed by atoms with Crippen LogP contribution in [0.2, 0.25) is 0 Å². The Labute approximate surface area is 170 Å². The van der Waals surface area contributed by atoms with Gasteiger partial charge in [-0.1, -0.05) is 50.8 Å². The monoisotopic (exact) mass is 427 g/mol. The Kier molecular flexibility index (Phi) is 7.24. The fourth-order valence-electron chi connectivity index (χ4n) is 2.55. The lowest BCUT2D eigenvalue weighted by Gasteiger charge is -2.26. The smallest absolute Gasteiger partial charge is 0.330 e. The molecule has 12 heteroatoms. The van der Waals surface area contributed by atoms with Crippen molar-refractivity contribution in [2.75, 3.05) is 28.7 Å². The van der Waals surface area contributed by atoms with Crippen LogP contribution in [0.25, 0.3) is 0 Å². The van der Waals surface area contributed by atoms with Gasteiger partial charge in [-0.15, -0.1) is 10.2 Å². The van der Waals surface area contributed by atoms with Crippen LogP contribution in [0.1, 0.15) is 27.7 Å². The molecule has 5 N–H and O–H groups in total. The van der Waals surface area contributed by atoms with Crippen molar-refractivity contribution < 1.29 is 4.79 Å². The van der Waals surface area contributed by atoms with Gasteiger partial charge in [0.2, 0.25) is 11.0 Å². The van der Waals surface area contributed by atoms with E-state index in [1.54, 1.807) is 0 Å². The molecule has 28 heavy (non-hydrogen) atoms. The molecule has 0 aliphatic heterocycles. The van der Waals surface area contributed by atoms with Crippen LogP contribution in [-0.2, 0) is 11.3 Å². The molecule has 0 aliphatic rings. The summed E-state index contributed by atoms with van der Waals surface area (Å²) in [5.74, 6) is -0.0911. The van der Waals surface area contributed by atoms with Crippen molar-refractivity contribution in [2.45, 2.75) is 38.6 Å². The first-order valence-corrected chi connectivity index (χ1v) is 10.5. The molecular formula is C16H25N7O3S2. The van der Waals surface area contributed by atoms with Gasteiger partial charge in [0.05, 0.1) is 5.75 Å². The maximum Gasteiger partial charge on any atom is 0.330 e. The van der Waals surface area contributed by atoms with Gasteiger partial charge >= 0.3 is 5.69 Å². The number of hydrogen-bond donors (Lipinski definition) is 3. The molecule has 0 radical (unpaired) electrons. The number of aromatic nitrogens is 4. The predicted molar refractivity (Wildman–Crippen MR) is 113 cm³/mol. The minimum atomic E-state index is -0.679. The molecule has 1 amide bonds. The van der Waals surface area contributed by atoms with E-state index in [-0.39, 0.29) is 41.5 Å². The summed E-state index contributed by atoms with van der Waals surface area (Å²) in [6.07, 6.45) is 0. The molecular weight excluding hydrogens is 402 g/mol. The number of anilines is 3. The van der Waals surface area contributed by atoms with E-state index in [1.807, 2.05) is 27.7 Å². The van der Waals surface area contributed by atoms with Crippen molar-refractivity contribution in [3.05, 3.63) is 20.8 Å². The van der Waals surface area contributed by atoms with Gasteiger partial charge in [0.25, 0.3) is 5.56 Å². The summed E-state index contributed by atoms with van der Waals surface area (Å²) in [7, 11) is 0. The van der Waals surface area contributed by atoms with Crippen molar-refractivity contribution in [3.8, 4) is 0 Å². The Morgan fingerprint density at radius 1 is 1.21 bits per heavy atom. The summed E-state index contributed by atoms with van der Waals surface area (Å²) in [5.41, 5.74) is 10.4.